The molecule has 2 aliphatic rings. The number of likely N-dealkylation sites (N-methyl/N-ethyl adjacent to an activating group) is 1. The van der Waals surface area contributed by atoms with Gasteiger partial charge < -0.3 is 34.4 Å². The standard InChI is InChI=1S/C30H31F3N4O6/c1-17-13-37(18(2)15-38)28(39)23-10-20(19-5-4-6-21(9-19)30(31,32)33)12-34-27(23)43-26(17)14-36(3)29(40)35-22-7-8-24-25(11-22)42-16-41-24/h4-12,17-18,26,38H,13-16H2,1-3H3,(H,35,40)/t17-,18+,26-/m0/s1. The van der Waals surface area contributed by atoms with Gasteiger partial charge in [0, 0.05) is 43.0 Å². The fraction of sp³-hybridized carbons (Fsp3) is 0.367. The third-order valence-electron chi connectivity index (χ3n) is 7.47. The van der Waals surface area contributed by atoms with Gasteiger partial charge in [0.15, 0.2) is 11.5 Å². The van der Waals surface area contributed by atoms with Crippen LogP contribution in [0.2, 0.25) is 0 Å². The molecule has 3 aromatic rings. The maximum absolute atomic E-state index is 13.7. The van der Waals surface area contributed by atoms with Gasteiger partial charge in [0.25, 0.3) is 5.91 Å². The van der Waals surface area contributed by atoms with Gasteiger partial charge in [0.2, 0.25) is 12.7 Å². The monoisotopic (exact) mass is 600 g/mol. The van der Waals surface area contributed by atoms with Crippen LogP contribution >= 0.6 is 0 Å². The van der Waals surface area contributed by atoms with Crippen molar-refractivity contribution in [1.82, 2.24) is 14.8 Å². The van der Waals surface area contributed by atoms with Crippen molar-refractivity contribution < 1.29 is 42.1 Å². The van der Waals surface area contributed by atoms with E-state index in [0.29, 0.717) is 22.7 Å². The van der Waals surface area contributed by atoms with E-state index < -0.39 is 35.8 Å². The number of hydrogen-bond donors (Lipinski definition) is 2. The van der Waals surface area contributed by atoms with E-state index in [4.69, 9.17) is 14.2 Å². The van der Waals surface area contributed by atoms with Crippen LogP contribution in [-0.2, 0) is 6.18 Å². The van der Waals surface area contributed by atoms with Crippen molar-refractivity contribution in [3.63, 3.8) is 0 Å². The molecule has 5 rings (SSSR count). The number of benzene rings is 2. The lowest BCUT2D eigenvalue weighted by atomic mass is 9.98. The van der Waals surface area contributed by atoms with Crippen molar-refractivity contribution in [3.8, 4) is 28.5 Å². The van der Waals surface area contributed by atoms with E-state index in [0.717, 1.165) is 12.1 Å². The maximum Gasteiger partial charge on any atom is 0.416 e. The van der Waals surface area contributed by atoms with Crippen molar-refractivity contribution in [2.75, 3.05) is 38.9 Å². The minimum Gasteiger partial charge on any atom is -0.472 e. The molecule has 2 aliphatic heterocycles. The number of alkyl halides is 3. The highest BCUT2D eigenvalue weighted by Gasteiger charge is 2.35. The molecule has 3 heterocycles. The number of pyridine rings is 1. The molecule has 2 N–H and O–H groups in total. The third-order valence-corrected chi connectivity index (χ3v) is 7.47. The Morgan fingerprint density at radius 3 is 2.67 bits per heavy atom. The van der Waals surface area contributed by atoms with Crippen LogP contribution < -0.4 is 19.5 Å². The predicted molar refractivity (Wildman–Crippen MR) is 150 cm³/mol. The number of hydrogen-bond acceptors (Lipinski definition) is 7. The van der Waals surface area contributed by atoms with Crippen LogP contribution in [-0.4, -0.2) is 77.5 Å². The number of aliphatic hydroxyl groups excluding tert-OH is 1. The summed E-state index contributed by atoms with van der Waals surface area (Å²) < 4.78 is 56.9. The first-order valence-corrected chi connectivity index (χ1v) is 13.6. The van der Waals surface area contributed by atoms with Crippen LogP contribution in [0.5, 0.6) is 17.4 Å². The summed E-state index contributed by atoms with van der Waals surface area (Å²) in [6, 6.07) is 10.3. The van der Waals surface area contributed by atoms with E-state index in [2.05, 4.69) is 10.3 Å². The molecule has 2 aromatic carbocycles. The van der Waals surface area contributed by atoms with Crippen molar-refractivity contribution in [2.45, 2.75) is 32.2 Å². The van der Waals surface area contributed by atoms with Crippen molar-refractivity contribution in [1.29, 1.82) is 0 Å². The average molecular weight is 601 g/mol. The molecule has 0 unspecified atom stereocenters. The number of aliphatic hydroxyl groups is 1. The van der Waals surface area contributed by atoms with Crippen LogP contribution in [0, 0.1) is 5.92 Å². The Hall–Kier alpha value is -4.52. The molecule has 0 spiro atoms. The summed E-state index contributed by atoms with van der Waals surface area (Å²) in [6.45, 7) is 3.66. The average Bonchev–Trinajstić information content (AvgIpc) is 3.46. The summed E-state index contributed by atoms with van der Waals surface area (Å²) >= 11 is 0. The van der Waals surface area contributed by atoms with E-state index >= 15 is 0 Å². The smallest absolute Gasteiger partial charge is 0.416 e. The maximum atomic E-state index is 13.7. The number of ether oxygens (including phenoxy) is 3. The highest BCUT2D eigenvalue weighted by atomic mass is 19.4. The zero-order valence-electron chi connectivity index (χ0n) is 23.7. The zero-order valence-corrected chi connectivity index (χ0v) is 23.7. The molecule has 0 radical (unpaired) electrons. The fourth-order valence-electron chi connectivity index (χ4n) is 4.90. The van der Waals surface area contributed by atoms with Crippen molar-refractivity contribution in [2.24, 2.45) is 5.92 Å². The van der Waals surface area contributed by atoms with E-state index in [1.165, 1.54) is 34.2 Å². The number of nitrogens with zero attached hydrogens (tertiary/aromatic N) is 3. The number of carbonyl (C=O) groups is 2. The Labute approximate surface area is 246 Å². The van der Waals surface area contributed by atoms with Crippen LogP contribution in [0.3, 0.4) is 0 Å². The van der Waals surface area contributed by atoms with Gasteiger partial charge in [0.05, 0.1) is 24.8 Å². The molecule has 43 heavy (non-hydrogen) atoms. The molecule has 0 fully saturated rings. The largest absolute Gasteiger partial charge is 0.472 e. The molecule has 0 saturated carbocycles. The van der Waals surface area contributed by atoms with E-state index in [1.807, 2.05) is 6.92 Å². The molecule has 0 saturated heterocycles. The van der Waals surface area contributed by atoms with E-state index in [9.17, 15) is 27.9 Å². The molecule has 3 atom stereocenters. The number of rotatable bonds is 6. The third kappa shape index (κ3) is 6.46. The molecule has 1 aromatic heterocycles. The number of halogens is 3. The molecule has 228 valence electrons. The number of nitrogens with one attached hydrogen (secondary N) is 1. The van der Waals surface area contributed by atoms with E-state index in [-0.39, 0.29) is 49.4 Å². The lowest BCUT2D eigenvalue weighted by Gasteiger charge is -2.37. The summed E-state index contributed by atoms with van der Waals surface area (Å²) in [4.78, 5) is 34.0. The summed E-state index contributed by atoms with van der Waals surface area (Å²) in [6.07, 6.45) is -3.82. The quantitative estimate of drug-likeness (QED) is 0.415. The molecule has 0 aliphatic carbocycles. The van der Waals surface area contributed by atoms with E-state index in [1.54, 1.807) is 32.2 Å². The minimum absolute atomic E-state index is 0.0167. The van der Waals surface area contributed by atoms with Gasteiger partial charge in [-0.25, -0.2) is 9.78 Å². The Balaban J connectivity index is 1.41. The lowest BCUT2D eigenvalue weighted by Crippen LogP contribution is -2.50. The summed E-state index contributed by atoms with van der Waals surface area (Å²) in [5.41, 5.74) is 0.246. The van der Waals surface area contributed by atoms with Crippen LogP contribution in [0.1, 0.15) is 29.8 Å². The Bertz CT molecular complexity index is 1520. The first-order valence-electron chi connectivity index (χ1n) is 13.6. The predicted octanol–water partition coefficient (Wildman–Crippen LogP) is 4.88. The number of anilines is 1. The SMILES string of the molecule is C[C@H](CO)N1C[C@H](C)[C@H](CN(C)C(=O)Nc2ccc3c(c2)OCO3)Oc2ncc(-c3cccc(C(F)(F)F)c3)cc2C1=O. The van der Waals surface area contributed by atoms with Gasteiger partial charge in [-0.05, 0) is 42.8 Å². The molecular formula is C30H31F3N4O6. The van der Waals surface area contributed by atoms with Gasteiger partial charge in [-0.15, -0.1) is 0 Å². The second-order valence-corrected chi connectivity index (χ2v) is 10.7. The Kier molecular flexibility index (Phi) is 8.36. The highest BCUT2D eigenvalue weighted by molar-refractivity contribution is 5.98. The van der Waals surface area contributed by atoms with Gasteiger partial charge in [-0.1, -0.05) is 19.1 Å². The first-order chi connectivity index (χ1) is 20.4. The molecular weight excluding hydrogens is 569 g/mol. The van der Waals surface area contributed by atoms with Crippen LogP contribution in [0.25, 0.3) is 11.1 Å². The minimum atomic E-state index is -4.54. The number of urea groups is 1. The number of amides is 3. The summed E-state index contributed by atoms with van der Waals surface area (Å²) in [5, 5.41) is 12.7. The van der Waals surface area contributed by atoms with Gasteiger partial charge >= 0.3 is 12.2 Å². The highest BCUT2D eigenvalue weighted by Crippen LogP contribution is 2.36. The molecule has 3 amide bonds. The van der Waals surface area contributed by atoms with Crippen LogP contribution in [0.15, 0.2) is 54.7 Å². The van der Waals surface area contributed by atoms with Crippen molar-refractivity contribution >= 4 is 17.6 Å². The second kappa shape index (κ2) is 12.0. The molecule has 10 nitrogen and oxygen atoms in total. The Morgan fingerprint density at radius 2 is 1.93 bits per heavy atom. The normalized spacial score (nSPS) is 18.7. The van der Waals surface area contributed by atoms with Gasteiger partial charge in [-0.3, -0.25) is 4.79 Å². The molecule has 0 bridgehead atoms. The second-order valence-electron chi connectivity index (χ2n) is 10.7. The molecule has 13 heteroatoms. The Morgan fingerprint density at radius 1 is 1.16 bits per heavy atom. The van der Waals surface area contributed by atoms with Crippen LogP contribution in [0.4, 0.5) is 23.7 Å². The van der Waals surface area contributed by atoms with Gasteiger partial charge in [0.1, 0.15) is 11.7 Å². The fourth-order valence-corrected chi connectivity index (χ4v) is 4.90. The summed E-state index contributed by atoms with van der Waals surface area (Å²) in [7, 11) is 1.60. The lowest BCUT2D eigenvalue weighted by molar-refractivity contribution is -0.137. The van der Waals surface area contributed by atoms with Gasteiger partial charge in [-0.2, -0.15) is 13.2 Å². The number of carbonyl (C=O) groups excluding carboxylic acids is 2. The number of fused-ring (bicyclic) bond motifs is 2. The summed E-state index contributed by atoms with van der Waals surface area (Å²) in [5.74, 6) is 0.319. The number of aromatic nitrogens is 1. The first kappa shape index (κ1) is 30.0. The topological polar surface area (TPSA) is 113 Å². The zero-order chi connectivity index (χ0) is 30.9. The van der Waals surface area contributed by atoms with Crippen molar-refractivity contribution in [3.05, 3.63) is 65.9 Å².